The Morgan fingerprint density at radius 2 is 1.93 bits per heavy atom. The molecule has 1 spiro atoms. The summed E-state index contributed by atoms with van der Waals surface area (Å²) in [7, 11) is 1.83. The molecule has 5 nitrogen and oxygen atoms in total. The molecule has 0 bridgehead atoms. The van der Waals surface area contributed by atoms with Crippen molar-refractivity contribution in [2.24, 2.45) is 7.05 Å². The number of aryl methyl sites for hydroxylation is 1. The molecule has 0 radical (unpaired) electrons. The number of amides is 1. The summed E-state index contributed by atoms with van der Waals surface area (Å²) >= 11 is 0. The summed E-state index contributed by atoms with van der Waals surface area (Å²) in [5, 5.41) is 7.15. The number of fused-ring (bicyclic) bond motifs is 4. The third kappa shape index (κ3) is 2.29. The second-order valence-electron chi connectivity index (χ2n) is 7.08. The van der Waals surface area contributed by atoms with Crippen LogP contribution in [0.4, 0.5) is 10.1 Å². The largest absolute Gasteiger partial charge is 0.482 e. The van der Waals surface area contributed by atoms with E-state index in [2.05, 4.69) is 10.4 Å². The zero-order chi connectivity index (χ0) is 18.6. The molecular weight excluding hydrogens is 345 g/mol. The Balaban J connectivity index is 1.64. The maximum Gasteiger partial charge on any atom is 0.276 e. The fourth-order valence-corrected chi connectivity index (χ4v) is 4.03. The number of hydrogen-bond acceptors (Lipinski definition) is 3. The van der Waals surface area contributed by atoms with Crippen molar-refractivity contribution in [1.82, 2.24) is 9.78 Å². The molecular formula is C21H18FN3O2. The molecule has 1 aliphatic carbocycles. The van der Waals surface area contributed by atoms with Crippen LogP contribution in [0.1, 0.15) is 35.3 Å². The molecule has 2 aliphatic rings. The molecule has 6 heteroatoms. The first-order chi connectivity index (χ1) is 13.1. The number of rotatable bonds is 2. The number of nitrogens with zero attached hydrogens (tertiary/aromatic N) is 2. The molecule has 136 valence electrons. The van der Waals surface area contributed by atoms with Gasteiger partial charge in [-0.25, -0.2) is 4.39 Å². The van der Waals surface area contributed by atoms with Crippen molar-refractivity contribution in [3.8, 4) is 17.0 Å². The number of ether oxygens (including phenoxy) is 1. The highest BCUT2D eigenvalue weighted by Crippen LogP contribution is 2.54. The Labute approximate surface area is 155 Å². The van der Waals surface area contributed by atoms with E-state index in [0.717, 1.165) is 41.8 Å². The Hall–Kier alpha value is -3.15. The molecule has 2 aromatic carbocycles. The monoisotopic (exact) mass is 363 g/mol. The van der Waals surface area contributed by atoms with Crippen molar-refractivity contribution in [3.63, 3.8) is 0 Å². The van der Waals surface area contributed by atoms with Gasteiger partial charge in [0.2, 0.25) is 0 Å². The highest BCUT2D eigenvalue weighted by molar-refractivity contribution is 6.05. The summed E-state index contributed by atoms with van der Waals surface area (Å²) < 4.78 is 22.1. The number of nitrogens with one attached hydrogen (secondary N) is 1. The van der Waals surface area contributed by atoms with Gasteiger partial charge in [0, 0.05) is 12.6 Å². The van der Waals surface area contributed by atoms with Crippen molar-refractivity contribution in [1.29, 1.82) is 0 Å². The lowest BCUT2D eigenvalue weighted by molar-refractivity contribution is -0.0150. The number of anilines is 1. The number of carbonyl (C=O) groups is 1. The molecule has 5 rings (SSSR count). The van der Waals surface area contributed by atoms with E-state index in [4.69, 9.17) is 4.74 Å². The standard InChI is InChI=1S/C21H18FN3O2/c1-25-19-13-7-2-5-10-16(13)27-21(11-6-12-21)17(19)18(24-25)20(26)23-15-9-4-3-8-14(15)22/h2-5,7-10H,6,11-12H2,1H3,(H,23,26). The zero-order valence-electron chi connectivity index (χ0n) is 14.8. The van der Waals surface area contributed by atoms with Gasteiger partial charge in [-0.15, -0.1) is 0 Å². The van der Waals surface area contributed by atoms with E-state index in [-0.39, 0.29) is 5.69 Å². The lowest BCUT2D eigenvalue weighted by Crippen LogP contribution is -2.43. The Bertz CT molecular complexity index is 1070. The van der Waals surface area contributed by atoms with Crippen LogP contribution in [0.15, 0.2) is 48.5 Å². The van der Waals surface area contributed by atoms with Gasteiger partial charge < -0.3 is 10.1 Å². The SMILES string of the molecule is Cn1nc(C(=O)Nc2ccccc2F)c2c1-c1ccccc1OC21CCC1. The number of carbonyl (C=O) groups excluding carboxylic acids is 1. The summed E-state index contributed by atoms with van der Waals surface area (Å²) in [5.74, 6) is -0.0874. The van der Waals surface area contributed by atoms with Crippen molar-refractivity contribution in [2.75, 3.05) is 5.32 Å². The highest BCUT2D eigenvalue weighted by atomic mass is 19.1. The predicted molar refractivity (Wildman–Crippen MR) is 99.2 cm³/mol. The number of hydrogen-bond donors (Lipinski definition) is 1. The van der Waals surface area contributed by atoms with Gasteiger partial charge in [0.15, 0.2) is 5.69 Å². The fraction of sp³-hybridized carbons (Fsp3) is 0.238. The first-order valence-corrected chi connectivity index (χ1v) is 9.01. The normalized spacial score (nSPS) is 16.1. The van der Waals surface area contributed by atoms with Gasteiger partial charge >= 0.3 is 0 Å². The van der Waals surface area contributed by atoms with Gasteiger partial charge in [-0.2, -0.15) is 5.10 Å². The molecule has 27 heavy (non-hydrogen) atoms. The first kappa shape index (κ1) is 16.1. The van der Waals surface area contributed by atoms with Gasteiger partial charge in [-0.3, -0.25) is 9.48 Å². The molecule has 3 aromatic rings. The molecule has 1 amide bonds. The van der Waals surface area contributed by atoms with Crippen LogP contribution in [0.5, 0.6) is 5.75 Å². The van der Waals surface area contributed by atoms with Crippen LogP contribution in [-0.4, -0.2) is 15.7 Å². The van der Waals surface area contributed by atoms with Gasteiger partial charge in [-0.05, 0) is 43.5 Å². The van der Waals surface area contributed by atoms with E-state index in [1.54, 1.807) is 16.8 Å². The van der Waals surface area contributed by atoms with Crippen molar-refractivity contribution < 1.29 is 13.9 Å². The lowest BCUT2D eigenvalue weighted by Gasteiger charge is -2.45. The zero-order valence-corrected chi connectivity index (χ0v) is 14.8. The van der Waals surface area contributed by atoms with Crippen LogP contribution in [0.3, 0.4) is 0 Å². The molecule has 1 fully saturated rings. The number of para-hydroxylation sites is 2. The average Bonchev–Trinajstić information content (AvgIpc) is 3.00. The Kier molecular flexibility index (Phi) is 3.37. The minimum absolute atomic E-state index is 0.140. The maximum atomic E-state index is 14.0. The maximum absolute atomic E-state index is 14.0. The van der Waals surface area contributed by atoms with Crippen LogP contribution >= 0.6 is 0 Å². The van der Waals surface area contributed by atoms with Crippen LogP contribution in [0, 0.1) is 5.82 Å². The van der Waals surface area contributed by atoms with Crippen molar-refractivity contribution in [2.45, 2.75) is 24.9 Å². The minimum Gasteiger partial charge on any atom is -0.482 e. The van der Waals surface area contributed by atoms with Crippen molar-refractivity contribution in [3.05, 3.63) is 65.6 Å². The Morgan fingerprint density at radius 1 is 1.19 bits per heavy atom. The fourth-order valence-electron chi connectivity index (χ4n) is 4.03. The third-order valence-corrected chi connectivity index (χ3v) is 5.45. The molecule has 1 N–H and O–H groups in total. The smallest absolute Gasteiger partial charge is 0.276 e. The molecule has 0 unspecified atom stereocenters. The first-order valence-electron chi connectivity index (χ1n) is 9.01. The molecule has 2 heterocycles. The summed E-state index contributed by atoms with van der Waals surface area (Å²) in [4.78, 5) is 13.0. The molecule has 1 aromatic heterocycles. The lowest BCUT2D eigenvalue weighted by atomic mass is 9.71. The molecule has 1 saturated carbocycles. The number of aromatic nitrogens is 2. The topological polar surface area (TPSA) is 56.2 Å². The molecule has 0 atom stereocenters. The Morgan fingerprint density at radius 3 is 2.67 bits per heavy atom. The van der Waals surface area contributed by atoms with Gasteiger partial charge in [0.25, 0.3) is 5.91 Å². The number of benzene rings is 2. The van der Waals surface area contributed by atoms with Gasteiger partial charge in [0.1, 0.15) is 17.2 Å². The van der Waals surface area contributed by atoms with Crippen LogP contribution in [0.2, 0.25) is 0 Å². The van der Waals surface area contributed by atoms with E-state index in [1.807, 2.05) is 31.3 Å². The third-order valence-electron chi connectivity index (χ3n) is 5.45. The summed E-state index contributed by atoms with van der Waals surface area (Å²) in [6, 6.07) is 13.9. The molecule has 1 aliphatic heterocycles. The summed E-state index contributed by atoms with van der Waals surface area (Å²) in [5.41, 5.74) is 2.54. The summed E-state index contributed by atoms with van der Waals surface area (Å²) in [6.45, 7) is 0. The quantitative estimate of drug-likeness (QED) is 0.740. The molecule has 0 saturated heterocycles. The van der Waals surface area contributed by atoms with Crippen LogP contribution < -0.4 is 10.1 Å². The summed E-state index contributed by atoms with van der Waals surface area (Å²) in [6.07, 6.45) is 2.70. The average molecular weight is 363 g/mol. The second-order valence-corrected chi connectivity index (χ2v) is 7.08. The number of halogens is 1. The van der Waals surface area contributed by atoms with Crippen molar-refractivity contribution >= 4 is 11.6 Å². The van der Waals surface area contributed by atoms with E-state index in [0.29, 0.717) is 5.69 Å². The highest BCUT2D eigenvalue weighted by Gasteiger charge is 2.50. The van der Waals surface area contributed by atoms with E-state index < -0.39 is 17.3 Å². The van der Waals surface area contributed by atoms with Crippen LogP contribution in [-0.2, 0) is 12.6 Å². The predicted octanol–water partition coefficient (Wildman–Crippen LogP) is 4.25. The van der Waals surface area contributed by atoms with E-state index in [9.17, 15) is 9.18 Å². The van der Waals surface area contributed by atoms with Gasteiger partial charge in [-0.1, -0.05) is 24.3 Å². The van der Waals surface area contributed by atoms with E-state index >= 15 is 0 Å². The minimum atomic E-state index is -0.528. The van der Waals surface area contributed by atoms with Crippen LogP contribution in [0.25, 0.3) is 11.3 Å². The second kappa shape index (κ2) is 5.67. The van der Waals surface area contributed by atoms with E-state index in [1.165, 1.54) is 12.1 Å². The van der Waals surface area contributed by atoms with Gasteiger partial charge in [0.05, 0.1) is 16.9 Å².